The molecule has 2 heterocycles. The predicted octanol–water partition coefficient (Wildman–Crippen LogP) is 3.53. The molecule has 0 spiro atoms. The van der Waals surface area contributed by atoms with E-state index in [1.54, 1.807) is 17.2 Å². The van der Waals surface area contributed by atoms with Crippen LogP contribution in [0.3, 0.4) is 0 Å². The summed E-state index contributed by atoms with van der Waals surface area (Å²) in [6, 6.07) is 12.8. The van der Waals surface area contributed by atoms with E-state index in [1.165, 1.54) is 28.8 Å². The van der Waals surface area contributed by atoms with Crippen molar-refractivity contribution in [3.05, 3.63) is 77.7 Å². The van der Waals surface area contributed by atoms with Crippen LogP contribution in [0.2, 0.25) is 0 Å². The molecule has 0 radical (unpaired) electrons. The van der Waals surface area contributed by atoms with Crippen LogP contribution in [0, 0.1) is 0 Å². The van der Waals surface area contributed by atoms with Crippen LogP contribution < -0.4 is 10.0 Å². The summed E-state index contributed by atoms with van der Waals surface area (Å²) in [4.78, 5) is 5.26. The van der Waals surface area contributed by atoms with Crippen molar-refractivity contribution in [2.24, 2.45) is 5.14 Å². The fourth-order valence-corrected chi connectivity index (χ4v) is 3.60. The van der Waals surface area contributed by atoms with Gasteiger partial charge in [-0.2, -0.15) is 13.2 Å². The Labute approximate surface area is 164 Å². The van der Waals surface area contributed by atoms with Gasteiger partial charge in [-0.05, 0) is 41.5 Å². The quantitative estimate of drug-likeness (QED) is 0.703. The molecule has 0 atom stereocenters. The molecule has 1 aliphatic rings. The summed E-state index contributed by atoms with van der Waals surface area (Å²) in [6.07, 6.45) is -0.275. The Morgan fingerprint density at radius 1 is 1.03 bits per heavy atom. The molecular formula is C19H15F3N4O2S. The van der Waals surface area contributed by atoms with Crippen molar-refractivity contribution < 1.29 is 21.6 Å². The van der Waals surface area contributed by atoms with E-state index in [1.807, 2.05) is 24.3 Å². The first-order valence-corrected chi connectivity index (χ1v) is 10.0. The summed E-state index contributed by atoms with van der Waals surface area (Å²) >= 11 is 0. The number of halogens is 3. The topological polar surface area (TPSA) is 81.2 Å². The predicted molar refractivity (Wildman–Crippen MR) is 102 cm³/mol. The minimum Gasteiger partial charge on any atom is -0.314 e. The number of anilines is 1. The van der Waals surface area contributed by atoms with Crippen LogP contribution >= 0.6 is 0 Å². The number of fused-ring (bicyclic) bond motifs is 1. The molecule has 3 aromatic rings. The molecule has 1 aromatic heterocycles. The number of primary sulfonamides is 1. The van der Waals surface area contributed by atoms with E-state index in [0.717, 1.165) is 17.3 Å². The maximum atomic E-state index is 13.3. The Hall–Kier alpha value is -3.11. The van der Waals surface area contributed by atoms with E-state index < -0.39 is 21.9 Å². The number of alkyl halides is 3. The van der Waals surface area contributed by atoms with Crippen LogP contribution in [0.4, 0.5) is 19.1 Å². The summed E-state index contributed by atoms with van der Waals surface area (Å²) in [5.41, 5.74) is 1.20. The van der Waals surface area contributed by atoms with Gasteiger partial charge in [-0.3, -0.25) is 4.57 Å². The number of sulfonamides is 1. The van der Waals surface area contributed by atoms with Crippen molar-refractivity contribution in [3.63, 3.8) is 0 Å². The van der Waals surface area contributed by atoms with Gasteiger partial charge in [-0.25, -0.2) is 18.5 Å². The van der Waals surface area contributed by atoms with Crippen LogP contribution in [-0.2, 0) is 22.7 Å². The number of nitrogens with zero attached hydrogens (tertiary/aromatic N) is 3. The van der Waals surface area contributed by atoms with E-state index in [2.05, 4.69) is 4.98 Å². The average molecular weight is 420 g/mol. The zero-order valence-electron chi connectivity index (χ0n) is 14.8. The molecule has 0 fully saturated rings. The summed E-state index contributed by atoms with van der Waals surface area (Å²) in [7, 11) is -3.91. The van der Waals surface area contributed by atoms with Gasteiger partial charge < -0.3 is 4.90 Å². The van der Waals surface area contributed by atoms with Crippen molar-refractivity contribution in [3.8, 4) is 5.69 Å². The highest BCUT2D eigenvalue weighted by atomic mass is 32.2. The highest BCUT2D eigenvalue weighted by Gasteiger charge is 2.36. The van der Waals surface area contributed by atoms with Crippen LogP contribution in [0.15, 0.2) is 65.8 Å². The standard InChI is InChI=1S/C19H15F3N4O2S/c20-19(21,22)17-12-26(15-5-7-16(8-6-15)29(23,27)28)18(24-17)25-10-9-13-3-1-2-4-14(13)11-25/h1-10,12H,11H2,(H2,23,27,28). The number of aromatic nitrogens is 2. The molecule has 0 bridgehead atoms. The molecule has 0 unspecified atom stereocenters. The number of imidazole rings is 1. The second-order valence-electron chi connectivity index (χ2n) is 6.48. The Bertz CT molecular complexity index is 1200. The number of hydrogen-bond donors (Lipinski definition) is 1. The van der Waals surface area contributed by atoms with Gasteiger partial charge in [0.1, 0.15) is 0 Å². The first-order chi connectivity index (χ1) is 13.6. The molecule has 0 saturated carbocycles. The van der Waals surface area contributed by atoms with E-state index in [-0.39, 0.29) is 10.8 Å². The van der Waals surface area contributed by atoms with Crippen LogP contribution in [-0.4, -0.2) is 18.0 Å². The number of benzene rings is 2. The van der Waals surface area contributed by atoms with Gasteiger partial charge >= 0.3 is 6.18 Å². The lowest BCUT2D eigenvalue weighted by atomic mass is 10.0. The third-order valence-corrected chi connectivity index (χ3v) is 5.44. The molecule has 1 aliphatic heterocycles. The smallest absolute Gasteiger partial charge is 0.314 e. The van der Waals surface area contributed by atoms with Crippen molar-refractivity contribution in [2.45, 2.75) is 17.6 Å². The minimum atomic E-state index is -4.63. The fraction of sp³-hybridized carbons (Fsp3) is 0.105. The molecule has 0 amide bonds. The normalized spacial score (nSPS) is 14.1. The summed E-state index contributed by atoms with van der Waals surface area (Å²) in [5, 5.41) is 5.09. The molecule has 150 valence electrons. The van der Waals surface area contributed by atoms with Crippen molar-refractivity contribution in [2.75, 3.05) is 4.90 Å². The molecule has 2 aromatic carbocycles. The highest BCUT2D eigenvalue weighted by molar-refractivity contribution is 7.89. The molecule has 0 saturated heterocycles. The van der Waals surface area contributed by atoms with Crippen molar-refractivity contribution in [1.29, 1.82) is 0 Å². The van der Waals surface area contributed by atoms with Gasteiger partial charge in [0.05, 0.1) is 11.4 Å². The van der Waals surface area contributed by atoms with Gasteiger partial charge in [0.25, 0.3) is 0 Å². The van der Waals surface area contributed by atoms with E-state index >= 15 is 0 Å². The van der Waals surface area contributed by atoms with Crippen LogP contribution in [0.1, 0.15) is 16.8 Å². The summed E-state index contributed by atoms with van der Waals surface area (Å²) in [5.74, 6) is 0.0615. The van der Waals surface area contributed by atoms with Crippen molar-refractivity contribution in [1.82, 2.24) is 9.55 Å². The fourth-order valence-electron chi connectivity index (χ4n) is 3.08. The lowest BCUT2D eigenvalue weighted by Gasteiger charge is -2.25. The first kappa shape index (κ1) is 19.2. The number of nitrogens with two attached hydrogens (primary N) is 1. The van der Waals surface area contributed by atoms with Gasteiger partial charge in [0.15, 0.2) is 5.69 Å². The van der Waals surface area contributed by atoms with Gasteiger partial charge in [0, 0.05) is 18.1 Å². The lowest BCUT2D eigenvalue weighted by molar-refractivity contribution is -0.140. The molecule has 0 aliphatic carbocycles. The first-order valence-electron chi connectivity index (χ1n) is 8.45. The van der Waals surface area contributed by atoms with E-state index in [9.17, 15) is 21.6 Å². The second kappa shape index (κ2) is 6.75. The zero-order chi connectivity index (χ0) is 20.8. The number of rotatable bonds is 3. The monoisotopic (exact) mass is 420 g/mol. The summed E-state index contributed by atoms with van der Waals surface area (Å²) < 4.78 is 64.1. The summed E-state index contributed by atoms with van der Waals surface area (Å²) in [6.45, 7) is 0.343. The Morgan fingerprint density at radius 3 is 2.38 bits per heavy atom. The second-order valence-corrected chi connectivity index (χ2v) is 8.04. The molecule has 29 heavy (non-hydrogen) atoms. The van der Waals surface area contributed by atoms with Crippen LogP contribution in [0.25, 0.3) is 11.8 Å². The Kier molecular flexibility index (Phi) is 4.47. The highest BCUT2D eigenvalue weighted by Crippen LogP contribution is 2.34. The van der Waals surface area contributed by atoms with Crippen LogP contribution in [0.5, 0.6) is 0 Å². The van der Waals surface area contributed by atoms with Crippen molar-refractivity contribution >= 4 is 22.0 Å². The maximum Gasteiger partial charge on any atom is 0.434 e. The lowest BCUT2D eigenvalue weighted by Crippen LogP contribution is -2.22. The van der Waals surface area contributed by atoms with E-state index in [4.69, 9.17) is 5.14 Å². The third-order valence-electron chi connectivity index (χ3n) is 4.51. The van der Waals surface area contributed by atoms with Gasteiger partial charge in [-0.15, -0.1) is 0 Å². The molecule has 2 N–H and O–H groups in total. The zero-order valence-corrected chi connectivity index (χ0v) is 15.7. The maximum absolute atomic E-state index is 13.3. The molecule has 10 heteroatoms. The Morgan fingerprint density at radius 2 is 1.72 bits per heavy atom. The third kappa shape index (κ3) is 3.76. The molecular weight excluding hydrogens is 405 g/mol. The minimum absolute atomic E-state index is 0.0615. The Balaban J connectivity index is 1.79. The van der Waals surface area contributed by atoms with E-state index in [0.29, 0.717) is 12.2 Å². The molecule has 4 rings (SSSR count). The van der Waals surface area contributed by atoms with Gasteiger partial charge in [-0.1, -0.05) is 24.3 Å². The van der Waals surface area contributed by atoms with Gasteiger partial charge in [0.2, 0.25) is 16.0 Å². The largest absolute Gasteiger partial charge is 0.434 e. The molecule has 6 nitrogen and oxygen atoms in total. The average Bonchev–Trinajstić information content (AvgIpc) is 3.13. The SMILES string of the molecule is NS(=O)(=O)c1ccc(-n2cc(C(F)(F)F)nc2N2C=Cc3ccccc3C2)cc1. The number of hydrogen-bond acceptors (Lipinski definition) is 4.